The second kappa shape index (κ2) is 7.13. The third-order valence-electron chi connectivity index (χ3n) is 3.20. The summed E-state index contributed by atoms with van der Waals surface area (Å²) in [7, 11) is 3.15. The van der Waals surface area contributed by atoms with Crippen LogP contribution in [0.2, 0.25) is 5.15 Å². The van der Waals surface area contributed by atoms with Gasteiger partial charge in [-0.1, -0.05) is 23.7 Å². The zero-order valence-corrected chi connectivity index (χ0v) is 13.3. The number of benzene rings is 1. The molecule has 1 aromatic carbocycles. The fraction of sp³-hybridized carbons (Fsp3) is 0.250. The number of hydrogen-bond donors (Lipinski definition) is 1. The lowest BCUT2D eigenvalue weighted by Crippen LogP contribution is -2.27. The first-order valence-corrected chi connectivity index (χ1v) is 7.08. The van der Waals surface area contributed by atoms with Crippen LogP contribution in [0, 0.1) is 0 Å². The summed E-state index contributed by atoms with van der Waals surface area (Å²) in [6.45, 7) is 1.88. The molecule has 1 heterocycles. The maximum atomic E-state index is 12.2. The standard InChI is InChI=1S/C16H17ClN2O3/c1-10(11-7-8-13(21-2)14(9-11)22-3)18-16(20)12-5-4-6-15(17)19-12/h4-10H,1-3H3,(H,18,20). The van der Waals surface area contributed by atoms with Crippen LogP contribution in [0.15, 0.2) is 36.4 Å². The molecule has 2 aromatic rings. The summed E-state index contributed by atoms with van der Waals surface area (Å²) < 4.78 is 10.5. The lowest BCUT2D eigenvalue weighted by atomic mass is 10.1. The average Bonchev–Trinajstić information content (AvgIpc) is 2.54. The molecule has 0 aliphatic heterocycles. The number of nitrogens with zero attached hydrogens (tertiary/aromatic N) is 1. The minimum absolute atomic E-state index is 0.215. The number of pyridine rings is 1. The van der Waals surface area contributed by atoms with E-state index in [1.807, 2.05) is 19.1 Å². The summed E-state index contributed by atoms with van der Waals surface area (Å²) in [6.07, 6.45) is 0. The summed E-state index contributed by atoms with van der Waals surface area (Å²) in [5.41, 5.74) is 1.17. The highest BCUT2D eigenvalue weighted by Gasteiger charge is 2.14. The van der Waals surface area contributed by atoms with Gasteiger partial charge >= 0.3 is 0 Å². The van der Waals surface area contributed by atoms with Crippen molar-refractivity contribution in [2.75, 3.05) is 14.2 Å². The Kier molecular flexibility index (Phi) is 5.22. The van der Waals surface area contributed by atoms with Crippen molar-refractivity contribution in [1.82, 2.24) is 10.3 Å². The van der Waals surface area contributed by atoms with E-state index in [9.17, 15) is 4.79 Å². The van der Waals surface area contributed by atoms with Gasteiger partial charge in [-0.3, -0.25) is 4.79 Å². The fourth-order valence-electron chi connectivity index (χ4n) is 2.01. The van der Waals surface area contributed by atoms with Crippen LogP contribution in [0.25, 0.3) is 0 Å². The monoisotopic (exact) mass is 320 g/mol. The Hall–Kier alpha value is -2.27. The van der Waals surface area contributed by atoms with Crippen molar-refractivity contribution < 1.29 is 14.3 Å². The Morgan fingerprint density at radius 3 is 2.55 bits per heavy atom. The van der Waals surface area contributed by atoms with Crippen LogP contribution in [0.1, 0.15) is 29.0 Å². The Balaban J connectivity index is 2.15. The number of halogens is 1. The highest BCUT2D eigenvalue weighted by molar-refractivity contribution is 6.29. The molecule has 0 bridgehead atoms. The maximum Gasteiger partial charge on any atom is 0.270 e. The Morgan fingerprint density at radius 1 is 1.18 bits per heavy atom. The van der Waals surface area contributed by atoms with Gasteiger partial charge in [-0.15, -0.1) is 0 Å². The third-order valence-corrected chi connectivity index (χ3v) is 3.41. The number of hydrogen-bond acceptors (Lipinski definition) is 4. The molecule has 1 N–H and O–H groups in total. The first-order chi connectivity index (χ1) is 10.5. The van der Waals surface area contributed by atoms with Gasteiger partial charge in [0.2, 0.25) is 0 Å². The molecular formula is C16H17ClN2O3. The molecule has 0 aliphatic carbocycles. The zero-order chi connectivity index (χ0) is 16.1. The van der Waals surface area contributed by atoms with Gasteiger partial charge in [-0.2, -0.15) is 0 Å². The molecule has 1 unspecified atom stereocenters. The number of aromatic nitrogens is 1. The molecule has 22 heavy (non-hydrogen) atoms. The van der Waals surface area contributed by atoms with Crippen molar-refractivity contribution in [1.29, 1.82) is 0 Å². The van der Waals surface area contributed by atoms with Crippen LogP contribution in [-0.4, -0.2) is 25.1 Å². The van der Waals surface area contributed by atoms with E-state index in [1.54, 1.807) is 38.5 Å². The highest BCUT2D eigenvalue weighted by Crippen LogP contribution is 2.29. The van der Waals surface area contributed by atoms with E-state index in [0.29, 0.717) is 11.5 Å². The van der Waals surface area contributed by atoms with Crippen molar-refractivity contribution >= 4 is 17.5 Å². The third kappa shape index (κ3) is 3.68. The van der Waals surface area contributed by atoms with Crippen LogP contribution in [-0.2, 0) is 0 Å². The van der Waals surface area contributed by atoms with Gasteiger partial charge in [0.1, 0.15) is 10.8 Å². The lowest BCUT2D eigenvalue weighted by molar-refractivity contribution is 0.0935. The summed E-state index contributed by atoms with van der Waals surface area (Å²) in [5, 5.41) is 3.16. The molecule has 2 rings (SSSR count). The van der Waals surface area contributed by atoms with Gasteiger partial charge in [-0.05, 0) is 36.8 Å². The van der Waals surface area contributed by atoms with E-state index in [0.717, 1.165) is 5.56 Å². The number of carbonyl (C=O) groups excluding carboxylic acids is 1. The molecule has 0 fully saturated rings. The highest BCUT2D eigenvalue weighted by atomic mass is 35.5. The van der Waals surface area contributed by atoms with Gasteiger partial charge < -0.3 is 14.8 Å². The smallest absolute Gasteiger partial charge is 0.270 e. The molecule has 116 valence electrons. The second-order valence-corrected chi connectivity index (χ2v) is 5.04. The van der Waals surface area contributed by atoms with E-state index in [1.165, 1.54) is 0 Å². The topological polar surface area (TPSA) is 60.5 Å². The van der Waals surface area contributed by atoms with E-state index < -0.39 is 0 Å². The van der Waals surface area contributed by atoms with E-state index in [-0.39, 0.29) is 22.8 Å². The normalized spacial score (nSPS) is 11.6. The Morgan fingerprint density at radius 2 is 1.91 bits per heavy atom. The molecule has 0 aliphatic rings. The molecule has 5 nitrogen and oxygen atoms in total. The summed E-state index contributed by atoms with van der Waals surface area (Å²) in [6, 6.07) is 10.2. The van der Waals surface area contributed by atoms with Crippen molar-refractivity contribution in [3.63, 3.8) is 0 Å². The lowest BCUT2D eigenvalue weighted by Gasteiger charge is -2.16. The number of methoxy groups -OCH3 is 2. The van der Waals surface area contributed by atoms with Crippen molar-refractivity contribution in [2.24, 2.45) is 0 Å². The molecule has 0 saturated heterocycles. The van der Waals surface area contributed by atoms with Crippen LogP contribution in [0.3, 0.4) is 0 Å². The Bertz CT molecular complexity index is 676. The van der Waals surface area contributed by atoms with Crippen molar-refractivity contribution in [3.05, 3.63) is 52.8 Å². The molecule has 1 atom stereocenters. The number of ether oxygens (including phenoxy) is 2. The fourth-order valence-corrected chi connectivity index (χ4v) is 2.17. The predicted molar refractivity (Wildman–Crippen MR) is 84.7 cm³/mol. The second-order valence-electron chi connectivity index (χ2n) is 4.66. The molecule has 0 saturated carbocycles. The molecule has 0 spiro atoms. The quantitative estimate of drug-likeness (QED) is 0.859. The minimum atomic E-state index is -0.287. The van der Waals surface area contributed by atoms with Gasteiger partial charge in [0, 0.05) is 0 Å². The SMILES string of the molecule is COc1ccc(C(C)NC(=O)c2cccc(Cl)n2)cc1OC. The number of carbonyl (C=O) groups is 1. The Labute approximate surface area is 134 Å². The van der Waals surface area contributed by atoms with E-state index in [4.69, 9.17) is 21.1 Å². The van der Waals surface area contributed by atoms with Crippen molar-refractivity contribution in [3.8, 4) is 11.5 Å². The minimum Gasteiger partial charge on any atom is -0.493 e. The summed E-state index contributed by atoms with van der Waals surface area (Å²) in [4.78, 5) is 16.2. The number of rotatable bonds is 5. The predicted octanol–water partition coefficient (Wildman–Crippen LogP) is 3.24. The number of amides is 1. The van der Waals surface area contributed by atoms with Crippen LogP contribution in [0.4, 0.5) is 0 Å². The van der Waals surface area contributed by atoms with Gasteiger partial charge in [-0.25, -0.2) is 4.98 Å². The summed E-state index contributed by atoms with van der Waals surface area (Å²) >= 11 is 5.79. The van der Waals surface area contributed by atoms with Gasteiger partial charge in [0.25, 0.3) is 5.91 Å². The summed E-state index contributed by atoms with van der Waals surface area (Å²) in [5.74, 6) is 0.966. The largest absolute Gasteiger partial charge is 0.493 e. The van der Waals surface area contributed by atoms with E-state index in [2.05, 4.69) is 10.3 Å². The maximum absolute atomic E-state index is 12.2. The first-order valence-electron chi connectivity index (χ1n) is 6.70. The van der Waals surface area contributed by atoms with Gasteiger partial charge in [0.05, 0.1) is 20.3 Å². The first kappa shape index (κ1) is 16.1. The molecule has 0 radical (unpaired) electrons. The number of nitrogens with one attached hydrogen (secondary N) is 1. The average molecular weight is 321 g/mol. The molecular weight excluding hydrogens is 304 g/mol. The van der Waals surface area contributed by atoms with Gasteiger partial charge in [0.15, 0.2) is 11.5 Å². The van der Waals surface area contributed by atoms with E-state index >= 15 is 0 Å². The molecule has 1 aromatic heterocycles. The molecule has 1 amide bonds. The van der Waals surface area contributed by atoms with Crippen LogP contribution < -0.4 is 14.8 Å². The van der Waals surface area contributed by atoms with Crippen LogP contribution in [0.5, 0.6) is 11.5 Å². The zero-order valence-electron chi connectivity index (χ0n) is 12.6. The molecule has 6 heteroatoms. The van der Waals surface area contributed by atoms with Crippen LogP contribution >= 0.6 is 11.6 Å². The van der Waals surface area contributed by atoms with Crippen molar-refractivity contribution in [2.45, 2.75) is 13.0 Å².